The van der Waals surface area contributed by atoms with Gasteiger partial charge in [0.25, 0.3) is 5.91 Å². The summed E-state index contributed by atoms with van der Waals surface area (Å²) < 4.78 is 13.8. The van der Waals surface area contributed by atoms with Crippen molar-refractivity contribution in [2.24, 2.45) is 0 Å². The highest BCUT2D eigenvalue weighted by Crippen LogP contribution is 2.23. The van der Waals surface area contributed by atoms with Crippen LogP contribution < -0.4 is 5.32 Å². The quantitative estimate of drug-likeness (QED) is 0.907. The van der Waals surface area contributed by atoms with Crippen LogP contribution in [0.3, 0.4) is 0 Å². The number of pyridine rings is 1. The van der Waals surface area contributed by atoms with Crippen LogP contribution in [-0.4, -0.2) is 28.4 Å². The van der Waals surface area contributed by atoms with Crippen LogP contribution in [0.15, 0.2) is 42.6 Å². The molecule has 1 fully saturated rings. The van der Waals surface area contributed by atoms with Gasteiger partial charge in [0.2, 0.25) is 0 Å². The number of hydrogen-bond donors (Lipinski definition) is 1. The van der Waals surface area contributed by atoms with E-state index in [1.54, 1.807) is 36.5 Å². The number of halogens is 1. The van der Waals surface area contributed by atoms with Crippen molar-refractivity contribution >= 4 is 17.3 Å². The van der Waals surface area contributed by atoms with Gasteiger partial charge in [-0.15, -0.1) is 0 Å². The molecule has 1 amide bonds. The molecule has 0 spiro atoms. The first-order valence-electron chi connectivity index (χ1n) is 8.47. The molecule has 0 aliphatic carbocycles. The fraction of sp³-hybridized carbons (Fsp3) is 0.368. The maximum Gasteiger partial charge on any atom is 0.272 e. The molecule has 5 heteroatoms. The Hall–Kier alpha value is -2.43. The molecule has 1 atom stereocenters. The van der Waals surface area contributed by atoms with Crippen molar-refractivity contribution in [3.63, 3.8) is 0 Å². The smallest absolute Gasteiger partial charge is 0.272 e. The topological polar surface area (TPSA) is 45.2 Å². The molecular weight excluding hydrogens is 305 g/mol. The minimum Gasteiger partial charge on any atom is -0.353 e. The van der Waals surface area contributed by atoms with Gasteiger partial charge in [0, 0.05) is 24.5 Å². The summed E-state index contributed by atoms with van der Waals surface area (Å²) in [7, 11) is 0. The van der Waals surface area contributed by atoms with E-state index in [0.29, 0.717) is 17.1 Å². The van der Waals surface area contributed by atoms with Gasteiger partial charge in [0.05, 0.1) is 5.69 Å². The molecule has 1 N–H and O–H groups in total. The molecular formula is C19H22FN3O. The molecule has 1 aromatic heterocycles. The second kappa shape index (κ2) is 7.43. The number of aromatic nitrogens is 1. The Labute approximate surface area is 141 Å². The van der Waals surface area contributed by atoms with Gasteiger partial charge in [0.1, 0.15) is 11.5 Å². The molecule has 1 aromatic carbocycles. The lowest BCUT2D eigenvalue weighted by atomic mass is 9.99. The van der Waals surface area contributed by atoms with Crippen molar-refractivity contribution in [1.82, 2.24) is 9.88 Å². The zero-order chi connectivity index (χ0) is 16.9. The number of hydrogen-bond acceptors (Lipinski definition) is 3. The molecule has 1 aliphatic rings. The van der Waals surface area contributed by atoms with Crippen molar-refractivity contribution < 1.29 is 9.18 Å². The van der Waals surface area contributed by atoms with E-state index >= 15 is 0 Å². The van der Waals surface area contributed by atoms with Crippen LogP contribution in [0, 0.1) is 5.82 Å². The predicted molar refractivity (Wildman–Crippen MR) is 92.9 cm³/mol. The standard InChI is InChI=1S/C19H22FN3O/c1-2-15-7-5-6-12-23(15)19(24)18-13-14(10-11-21-18)22-17-9-4-3-8-16(17)20/h3-4,8-11,13,15H,2,5-7,12H2,1H3,(H,21,22). The van der Waals surface area contributed by atoms with Gasteiger partial charge in [-0.05, 0) is 49.9 Å². The highest BCUT2D eigenvalue weighted by molar-refractivity contribution is 5.93. The van der Waals surface area contributed by atoms with Crippen LogP contribution in [0.4, 0.5) is 15.8 Å². The molecule has 4 nitrogen and oxygen atoms in total. The summed E-state index contributed by atoms with van der Waals surface area (Å²) in [5, 5.41) is 3.01. The lowest BCUT2D eigenvalue weighted by molar-refractivity contribution is 0.0602. The van der Waals surface area contributed by atoms with Crippen molar-refractivity contribution in [1.29, 1.82) is 0 Å². The van der Waals surface area contributed by atoms with E-state index in [-0.39, 0.29) is 17.8 Å². The third kappa shape index (κ3) is 3.55. The number of para-hydroxylation sites is 1. The maximum atomic E-state index is 13.8. The van der Waals surface area contributed by atoms with Gasteiger partial charge in [-0.25, -0.2) is 4.39 Å². The summed E-state index contributed by atoms with van der Waals surface area (Å²) in [6.07, 6.45) is 5.80. The number of benzene rings is 1. The molecule has 1 unspecified atom stereocenters. The fourth-order valence-corrected chi connectivity index (χ4v) is 3.18. The second-order valence-corrected chi connectivity index (χ2v) is 6.09. The largest absolute Gasteiger partial charge is 0.353 e. The third-order valence-corrected chi connectivity index (χ3v) is 4.49. The van der Waals surface area contributed by atoms with E-state index in [1.165, 1.54) is 12.5 Å². The second-order valence-electron chi connectivity index (χ2n) is 6.09. The summed E-state index contributed by atoms with van der Waals surface area (Å²) in [6.45, 7) is 2.89. The molecule has 3 rings (SSSR count). The lowest BCUT2D eigenvalue weighted by Gasteiger charge is -2.35. The summed E-state index contributed by atoms with van der Waals surface area (Å²) in [4.78, 5) is 19.0. The van der Waals surface area contributed by atoms with Crippen LogP contribution in [-0.2, 0) is 0 Å². The average molecular weight is 327 g/mol. The van der Waals surface area contributed by atoms with Crippen LogP contribution in [0.2, 0.25) is 0 Å². The summed E-state index contributed by atoms with van der Waals surface area (Å²) >= 11 is 0. The van der Waals surface area contributed by atoms with Gasteiger partial charge >= 0.3 is 0 Å². The Balaban J connectivity index is 1.79. The number of likely N-dealkylation sites (tertiary alicyclic amines) is 1. The number of carbonyl (C=O) groups excluding carboxylic acids is 1. The number of nitrogens with zero attached hydrogens (tertiary/aromatic N) is 2. The van der Waals surface area contributed by atoms with Gasteiger partial charge in [0.15, 0.2) is 0 Å². The monoisotopic (exact) mass is 327 g/mol. The van der Waals surface area contributed by atoms with Crippen molar-refractivity contribution in [2.75, 3.05) is 11.9 Å². The Morgan fingerprint density at radius 1 is 1.33 bits per heavy atom. The molecule has 24 heavy (non-hydrogen) atoms. The number of carbonyl (C=O) groups is 1. The summed E-state index contributed by atoms with van der Waals surface area (Å²) in [5.74, 6) is -0.372. The van der Waals surface area contributed by atoms with Gasteiger partial charge in [-0.1, -0.05) is 19.1 Å². The van der Waals surface area contributed by atoms with Crippen molar-refractivity contribution in [3.05, 3.63) is 54.1 Å². The molecule has 0 bridgehead atoms. The van der Waals surface area contributed by atoms with E-state index in [9.17, 15) is 9.18 Å². The van der Waals surface area contributed by atoms with E-state index in [2.05, 4.69) is 17.2 Å². The zero-order valence-corrected chi connectivity index (χ0v) is 13.8. The Morgan fingerprint density at radius 2 is 2.17 bits per heavy atom. The predicted octanol–water partition coefficient (Wildman–Crippen LogP) is 4.37. The van der Waals surface area contributed by atoms with E-state index in [4.69, 9.17) is 0 Å². The number of rotatable bonds is 4. The minimum absolute atomic E-state index is 0.0428. The van der Waals surface area contributed by atoms with Gasteiger partial charge in [-0.2, -0.15) is 0 Å². The highest BCUT2D eigenvalue weighted by atomic mass is 19.1. The SMILES string of the molecule is CCC1CCCCN1C(=O)c1cc(Nc2ccccc2F)ccn1. The van der Waals surface area contributed by atoms with Crippen LogP contribution in [0.5, 0.6) is 0 Å². The first-order chi connectivity index (χ1) is 11.7. The first kappa shape index (κ1) is 16.4. The lowest BCUT2D eigenvalue weighted by Crippen LogP contribution is -2.43. The average Bonchev–Trinajstić information content (AvgIpc) is 2.63. The van der Waals surface area contributed by atoms with E-state index in [0.717, 1.165) is 25.8 Å². The minimum atomic E-state index is -0.329. The first-order valence-corrected chi connectivity index (χ1v) is 8.47. The normalized spacial score (nSPS) is 17.6. The highest BCUT2D eigenvalue weighted by Gasteiger charge is 2.27. The molecule has 126 valence electrons. The Bertz CT molecular complexity index is 719. The van der Waals surface area contributed by atoms with Gasteiger partial charge < -0.3 is 10.2 Å². The molecule has 2 heterocycles. The molecule has 0 saturated carbocycles. The Morgan fingerprint density at radius 3 is 2.96 bits per heavy atom. The van der Waals surface area contributed by atoms with Crippen LogP contribution in [0.25, 0.3) is 0 Å². The number of anilines is 2. The Kier molecular flexibility index (Phi) is 5.08. The van der Waals surface area contributed by atoms with E-state index in [1.807, 2.05) is 4.90 Å². The van der Waals surface area contributed by atoms with Crippen LogP contribution in [0.1, 0.15) is 43.1 Å². The van der Waals surface area contributed by atoms with Crippen LogP contribution >= 0.6 is 0 Å². The summed E-state index contributed by atoms with van der Waals surface area (Å²) in [5.41, 5.74) is 1.44. The molecule has 1 saturated heterocycles. The van der Waals surface area contributed by atoms with Crippen molar-refractivity contribution in [3.8, 4) is 0 Å². The number of nitrogens with one attached hydrogen (secondary N) is 1. The molecule has 0 radical (unpaired) electrons. The third-order valence-electron chi connectivity index (χ3n) is 4.49. The van der Waals surface area contributed by atoms with Crippen molar-refractivity contribution in [2.45, 2.75) is 38.6 Å². The summed E-state index contributed by atoms with van der Waals surface area (Å²) in [6, 6.07) is 10.2. The number of piperidine rings is 1. The maximum absolute atomic E-state index is 13.8. The molecule has 2 aromatic rings. The number of amides is 1. The zero-order valence-electron chi connectivity index (χ0n) is 13.8. The molecule has 1 aliphatic heterocycles. The van der Waals surface area contributed by atoms with Gasteiger partial charge in [-0.3, -0.25) is 9.78 Å². The fourth-order valence-electron chi connectivity index (χ4n) is 3.18. The van der Waals surface area contributed by atoms with E-state index < -0.39 is 0 Å².